The predicted molar refractivity (Wildman–Crippen MR) is 67.6 cm³/mol. The van der Waals surface area contributed by atoms with Crippen LogP contribution in [0.3, 0.4) is 0 Å². The Morgan fingerprint density at radius 1 is 1.28 bits per heavy atom. The van der Waals surface area contributed by atoms with Crippen molar-refractivity contribution in [2.24, 2.45) is 11.5 Å². The first-order chi connectivity index (χ1) is 8.63. The smallest absolute Gasteiger partial charge is 0.254 e. The number of nitrogens with two attached hydrogens (primary N) is 2. The first-order valence-corrected chi connectivity index (χ1v) is 6.03. The lowest BCUT2D eigenvalue weighted by Crippen LogP contribution is -2.43. The Bertz CT molecular complexity index is 456. The van der Waals surface area contributed by atoms with Crippen molar-refractivity contribution >= 4 is 11.8 Å². The van der Waals surface area contributed by atoms with Crippen LogP contribution >= 0.6 is 0 Å². The molecule has 0 bridgehead atoms. The van der Waals surface area contributed by atoms with Crippen molar-refractivity contribution in [3.63, 3.8) is 0 Å². The number of hydrogen-bond donors (Lipinski definition) is 2. The van der Waals surface area contributed by atoms with E-state index in [2.05, 4.69) is 0 Å². The van der Waals surface area contributed by atoms with E-state index in [9.17, 15) is 9.59 Å². The van der Waals surface area contributed by atoms with E-state index < -0.39 is 11.9 Å². The van der Waals surface area contributed by atoms with Gasteiger partial charge in [0.15, 0.2) is 0 Å². The quantitative estimate of drug-likeness (QED) is 0.801. The van der Waals surface area contributed by atoms with Crippen LogP contribution in [0.2, 0.25) is 0 Å². The van der Waals surface area contributed by atoms with Gasteiger partial charge in [0, 0.05) is 18.7 Å². The van der Waals surface area contributed by atoms with Gasteiger partial charge in [0.05, 0.1) is 0 Å². The lowest BCUT2D eigenvalue weighted by atomic mass is 10.1. The number of amides is 2. The summed E-state index contributed by atoms with van der Waals surface area (Å²) >= 11 is 0. The third-order valence-electron chi connectivity index (χ3n) is 3.28. The number of primary amides is 1. The summed E-state index contributed by atoms with van der Waals surface area (Å²) in [7, 11) is 0. The van der Waals surface area contributed by atoms with Crippen LogP contribution in [0, 0.1) is 0 Å². The van der Waals surface area contributed by atoms with E-state index in [1.807, 2.05) is 12.1 Å². The van der Waals surface area contributed by atoms with E-state index in [4.69, 9.17) is 11.5 Å². The molecule has 96 valence electrons. The van der Waals surface area contributed by atoms with E-state index in [-0.39, 0.29) is 5.91 Å². The van der Waals surface area contributed by atoms with E-state index in [0.717, 1.165) is 12.0 Å². The molecule has 0 spiro atoms. The van der Waals surface area contributed by atoms with Gasteiger partial charge in [0.1, 0.15) is 6.04 Å². The summed E-state index contributed by atoms with van der Waals surface area (Å²) in [5.41, 5.74) is 12.3. The van der Waals surface area contributed by atoms with E-state index in [1.165, 1.54) is 0 Å². The molecule has 1 heterocycles. The van der Waals surface area contributed by atoms with Gasteiger partial charge in [-0.2, -0.15) is 0 Å². The van der Waals surface area contributed by atoms with Crippen LogP contribution in [0.25, 0.3) is 0 Å². The van der Waals surface area contributed by atoms with Crippen molar-refractivity contribution in [3.8, 4) is 0 Å². The molecule has 0 radical (unpaired) electrons. The van der Waals surface area contributed by atoms with Crippen LogP contribution < -0.4 is 11.5 Å². The van der Waals surface area contributed by atoms with Crippen LogP contribution in [0.15, 0.2) is 24.3 Å². The maximum Gasteiger partial charge on any atom is 0.254 e. The molecule has 1 atom stereocenters. The second-order valence-corrected chi connectivity index (χ2v) is 4.46. The average molecular weight is 247 g/mol. The standard InChI is InChI=1S/C13H17N3O2/c14-8-9-3-5-10(6-4-9)13(18)16-7-1-2-11(16)12(15)17/h3-6,11H,1-2,7-8,14H2,(H2,15,17). The van der Waals surface area contributed by atoms with Gasteiger partial charge in [-0.05, 0) is 30.5 Å². The number of benzene rings is 1. The zero-order valence-electron chi connectivity index (χ0n) is 10.1. The summed E-state index contributed by atoms with van der Waals surface area (Å²) in [5.74, 6) is -0.570. The summed E-state index contributed by atoms with van der Waals surface area (Å²) < 4.78 is 0. The van der Waals surface area contributed by atoms with Crippen LogP contribution in [-0.2, 0) is 11.3 Å². The fourth-order valence-corrected chi connectivity index (χ4v) is 2.25. The highest BCUT2D eigenvalue weighted by atomic mass is 16.2. The van der Waals surface area contributed by atoms with Gasteiger partial charge in [-0.3, -0.25) is 9.59 Å². The minimum absolute atomic E-state index is 0.139. The van der Waals surface area contributed by atoms with Gasteiger partial charge >= 0.3 is 0 Å². The largest absolute Gasteiger partial charge is 0.368 e. The molecule has 0 saturated carbocycles. The molecule has 1 saturated heterocycles. The molecule has 5 nitrogen and oxygen atoms in total. The van der Waals surface area contributed by atoms with Crippen LogP contribution in [0.5, 0.6) is 0 Å². The monoisotopic (exact) mass is 247 g/mol. The van der Waals surface area contributed by atoms with Crippen molar-refractivity contribution in [2.75, 3.05) is 6.54 Å². The molecule has 0 aliphatic carbocycles. The molecule has 0 aromatic heterocycles. The Balaban J connectivity index is 2.17. The minimum atomic E-state index is -0.466. The highest BCUT2D eigenvalue weighted by Gasteiger charge is 2.32. The SMILES string of the molecule is NCc1ccc(C(=O)N2CCCC2C(N)=O)cc1. The van der Waals surface area contributed by atoms with E-state index in [1.54, 1.807) is 17.0 Å². The Hall–Kier alpha value is -1.88. The van der Waals surface area contributed by atoms with Gasteiger partial charge in [0.2, 0.25) is 5.91 Å². The Kier molecular flexibility index (Phi) is 3.62. The maximum absolute atomic E-state index is 12.2. The number of rotatable bonds is 3. The van der Waals surface area contributed by atoms with Gasteiger partial charge in [0.25, 0.3) is 5.91 Å². The molecule has 2 amide bonds. The number of carbonyl (C=O) groups is 2. The first kappa shape index (κ1) is 12.6. The third-order valence-corrected chi connectivity index (χ3v) is 3.28. The molecule has 1 aromatic carbocycles. The average Bonchev–Trinajstić information content (AvgIpc) is 2.87. The summed E-state index contributed by atoms with van der Waals surface area (Å²) in [6.45, 7) is 1.03. The minimum Gasteiger partial charge on any atom is -0.368 e. The molecule has 1 unspecified atom stereocenters. The Morgan fingerprint density at radius 3 is 2.50 bits per heavy atom. The highest BCUT2D eigenvalue weighted by molar-refractivity contribution is 5.97. The van der Waals surface area contributed by atoms with E-state index >= 15 is 0 Å². The van der Waals surface area contributed by atoms with Crippen molar-refractivity contribution < 1.29 is 9.59 Å². The summed E-state index contributed by atoms with van der Waals surface area (Å²) in [5, 5.41) is 0. The van der Waals surface area contributed by atoms with Gasteiger partial charge in [-0.25, -0.2) is 0 Å². The summed E-state index contributed by atoms with van der Waals surface area (Å²) in [4.78, 5) is 25.1. The predicted octanol–water partition coefficient (Wildman–Crippen LogP) is 0.235. The number of nitrogens with zero attached hydrogens (tertiary/aromatic N) is 1. The van der Waals surface area contributed by atoms with Crippen LogP contribution in [-0.4, -0.2) is 29.3 Å². The molecule has 1 fully saturated rings. The molecule has 1 aliphatic rings. The van der Waals surface area contributed by atoms with E-state index in [0.29, 0.717) is 25.1 Å². The third kappa shape index (κ3) is 2.36. The molecule has 4 N–H and O–H groups in total. The molecular formula is C13H17N3O2. The Labute approximate surface area is 106 Å². The van der Waals surface area contributed by atoms with Gasteiger partial charge in [-0.1, -0.05) is 12.1 Å². The number of likely N-dealkylation sites (tertiary alicyclic amines) is 1. The fourth-order valence-electron chi connectivity index (χ4n) is 2.25. The lowest BCUT2D eigenvalue weighted by molar-refractivity contribution is -0.121. The second-order valence-electron chi connectivity index (χ2n) is 4.46. The molecule has 1 aliphatic heterocycles. The summed E-state index contributed by atoms with van der Waals surface area (Å²) in [6.07, 6.45) is 1.47. The molecule has 2 rings (SSSR count). The zero-order valence-corrected chi connectivity index (χ0v) is 10.1. The molecule has 18 heavy (non-hydrogen) atoms. The first-order valence-electron chi connectivity index (χ1n) is 6.03. The Morgan fingerprint density at radius 2 is 1.94 bits per heavy atom. The van der Waals surface area contributed by atoms with Crippen LogP contribution in [0.4, 0.5) is 0 Å². The second kappa shape index (κ2) is 5.18. The van der Waals surface area contributed by atoms with Crippen molar-refractivity contribution in [1.29, 1.82) is 0 Å². The lowest BCUT2D eigenvalue weighted by Gasteiger charge is -2.22. The normalized spacial score (nSPS) is 18.9. The van der Waals surface area contributed by atoms with Crippen molar-refractivity contribution in [3.05, 3.63) is 35.4 Å². The highest BCUT2D eigenvalue weighted by Crippen LogP contribution is 2.20. The molecule has 5 heteroatoms. The zero-order chi connectivity index (χ0) is 13.1. The van der Waals surface area contributed by atoms with Gasteiger partial charge < -0.3 is 16.4 Å². The summed E-state index contributed by atoms with van der Waals surface area (Å²) in [6, 6.07) is 6.65. The van der Waals surface area contributed by atoms with Crippen molar-refractivity contribution in [2.45, 2.75) is 25.4 Å². The molecule has 1 aromatic rings. The fraction of sp³-hybridized carbons (Fsp3) is 0.385. The van der Waals surface area contributed by atoms with Gasteiger partial charge in [-0.15, -0.1) is 0 Å². The number of carbonyl (C=O) groups excluding carboxylic acids is 2. The maximum atomic E-state index is 12.2. The van der Waals surface area contributed by atoms with Crippen molar-refractivity contribution in [1.82, 2.24) is 4.90 Å². The molecular weight excluding hydrogens is 230 g/mol. The van der Waals surface area contributed by atoms with Crippen LogP contribution in [0.1, 0.15) is 28.8 Å². The number of hydrogen-bond acceptors (Lipinski definition) is 3. The topological polar surface area (TPSA) is 89.4 Å².